The molecule has 0 fully saturated rings. The zero-order chi connectivity index (χ0) is 21.3. The molecule has 0 bridgehead atoms. The molecule has 150 valence electrons. The van der Waals surface area contributed by atoms with Crippen LogP contribution in [0.15, 0.2) is 47.4 Å². The fraction of sp³-hybridized carbons (Fsp3) is 0. The van der Waals surface area contributed by atoms with Gasteiger partial charge in [-0.2, -0.15) is 8.78 Å². The lowest BCUT2D eigenvalue weighted by Crippen LogP contribution is -2.12. The summed E-state index contributed by atoms with van der Waals surface area (Å²) < 4.78 is 67.4. The normalized spacial score (nSPS) is 10.7. The summed E-state index contributed by atoms with van der Waals surface area (Å²) in [5.41, 5.74) is -0.189. The van der Waals surface area contributed by atoms with Gasteiger partial charge in [-0.1, -0.05) is 12.1 Å². The van der Waals surface area contributed by atoms with E-state index in [2.05, 4.69) is 12.6 Å². The van der Waals surface area contributed by atoms with Gasteiger partial charge in [0.25, 0.3) is 0 Å². The summed E-state index contributed by atoms with van der Waals surface area (Å²) in [6.45, 7) is 0. The summed E-state index contributed by atoms with van der Waals surface area (Å²) in [7, 11) is 0. The minimum absolute atomic E-state index is 0.189. The van der Waals surface area contributed by atoms with Crippen molar-refractivity contribution in [3.63, 3.8) is 0 Å². The molecule has 0 N–H and O–H groups in total. The lowest BCUT2D eigenvalue weighted by atomic mass is 10.2. The first kappa shape index (κ1) is 22.2. The van der Waals surface area contributed by atoms with Crippen molar-refractivity contribution in [2.45, 2.75) is 4.90 Å². The standard InChI is InChI=1S/C19H8F4I2O3S/c20-13-15(22)18(29)16(23)14(21)17(13)27-11-6-5-8(24)7-9(11)19(26)28-12-4-2-1-3-10(12)25/h1-7,29H. The number of halogens is 6. The van der Waals surface area contributed by atoms with Gasteiger partial charge < -0.3 is 9.47 Å². The van der Waals surface area contributed by atoms with E-state index in [9.17, 15) is 22.4 Å². The molecule has 0 atom stereocenters. The quantitative estimate of drug-likeness (QED) is 0.0852. The van der Waals surface area contributed by atoms with Gasteiger partial charge in [0.05, 0.1) is 8.47 Å². The maximum Gasteiger partial charge on any atom is 0.347 e. The van der Waals surface area contributed by atoms with Crippen LogP contribution in [0.5, 0.6) is 17.2 Å². The monoisotopic (exact) mass is 646 g/mol. The Bertz CT molecular complexity index is 1100. The van der Waals surface area contributed by atoms with Crippen LogP contribution in [0.25, 0.3) is 0 Å². The molecule has 0 aromatic heterocycles. The van der Waals surface area contributed by atoms with Crippen molar-refractivity contribution in [1.29, 1.82) is 0 Å². The van der Waals surface area contributed by atoms with Gasteiger partial charge in [0.1, 0.15) is 17.1 Å². The van der Waals surface area contributed by atoms with Gasteiger partial charge in [-0.05, 0) is 75.5 Å². The van der Waals surface area contributed by atoms with Gasteiger partial charge in [0.15, 0.2) is 11.6 Å². The molecule has 0 aliphatic heterocycles. The molecule has 0 amide bonds. The smallest absolute Gasteiger partial charge is 0.347 e. The number of ether oxygens (including phenoxy) is 2. The Balaban J connectivity index is 2.03. The first-order valence-corrected chi connectivity index (χ1v) is 10.3. The Kier molecular flexibility index (Phi) is 6.94. The maximum absolute atomic E-state index is 14.1. The maximum atomic E-state index is 14.1. The van der Waals surface area contributed by atoms with E-state index in [1.54, 1.807) is 24.3 Å². The molecule has 0 heterocycles. The summed E-state index contributed by atoms with van der Waals surface area (Å²) in [4.78, 5) is 11.5. The fourth-order valence-electron chi connectivity index (χ4n) is 2.23. The second kappa shape index (κ2) is 9.08. The van der Waals surface area contributed by atoms with Crippen LogP contribution in [-0.4, -0.2) is 5.97 Å². The third kappa shape index (κ3) is 4.63. The number of hydrogen-bond acceptors (Lipinski definition) is 4. The van der Waals surface area contributed by atoms with Crippen LogP contribution in [-0.2, 0) is 0 Å². The molecule has 0 aliphatic carbocycles. The van der Waals surface area contributed by atoms with Crippen LogP contribution in [0.3, 0.4) is 0 Å². The van der Waals surface area contributed by atoms with E-state index in [0.29, 0.717) is 7.14 Å². The fourth-order valence-corrected chi connectivity index (χ4v) is 3.42. The van der Waals surface area contributed by atoms with Crippen molar-refractivity contribution in [2.24, 2.45) is 0 Å². The molecule has 3 aromatic carbocycles. The van der Waals surface area contributed by atoms with Crippen LogP contribution in [0.4, 0.5) is 17.6 Å². The highest BCUT2D eigenvalue weighted by molar-refractivity contribution is 14.1. The molecule has 0 saturated carbocycles. The highest BCUT2D eigenvalue weighted by Crippen LogP contribution is 2.36. The second-order valence-electron chi connectivity index (χ2n) is 5.50. The van der Waals surface area contributed by atoms with Crippen molar-refractivity contribution >= 4 is 63.8 Å². The van der Waals surface area contributed by atoms with Crippen LogP contribution in [0, 0.1) is 30.4 Å². The van der Waals surface area contributed by atoms with Crippen molar-refractivity contribution < 1.29 is 31.8 Å². The topological polar surface area (TPSA) is 35.5 Å². The number of hydrogen-bond donors (Lipinski definition) is 1. The molecule has 3 nitrogen and oxygen atoms in total. The molecule has 0 spiro atoms. The Morgan fingerprint density at radius 3 is 2.10 bits per heavy atom. The summed E-state index contributed by atoms with van der Waals surface area (Å²) in [6.07, 6.45) is 0. The third-order valence-corrected chi connectivity index (χ3v) is 5.57. The highest BCUT2D eigenvalue weighted by atomic mass is 127. The van der Waals surface area contributed by atoms with Gasteiger partial charge in [-0.3, -0.25) is 0 Å². The summed E-state index contributed by atoms with van der Waals surface area (Å²) in [5.74, 6) is -9.26. The first-order chi connectivity index (χ1) is 13.7. The van der Waals surface area contributed by atoms with Gasteiger partial charge in [-0.25, -0.2) is 13.6 Å². The Hall–Kier alpha value is -1.54. The van der Waals surface area contributed by atoms with E-state index < -0.39 is 39.9 Å². The molecule has 29 heavy (non-hydrogen) atoms. The number of rotatable bonds is 4. The van der Waals surface area contributed by atoms with Gasteiger partial charge in [0, 0.05) is 3.57 Å². The minimum atomic E-state index is -1.77. The largest absolute Gasteiger partial charge is 0.450 e. The molecule has 3 rings (SSSR count). The van der Waals surface area contributed by atoms with Crippen molar-refractivity contribution in [3.8, 4) is 17.2 Å². The molecule has 3 aromatic rings. The van der Waals surface area contributed by atoms with Crippen LogP contribution in [0.1, 0.15) is 10.4 Å². The Morgan fingerprint density at radius 2 is 1.48 bits per heavy atom. The SMILES string of the molecule is O=C(Oc1ccccc1I)c1cc(I)ccc1Oc1c(F)c(F)c(S)c(F)c1F. The summed E-state index contributed by atoms with van der Waals surface area (Å²) in [6, 6.07) is 10.7. The predicted molar refractivity (Wildman–Crippen MR) is 117 cm³/mol. The average Bonchev–Trinajstić information content (AvgIpc) is 2.70. The van der Waals surface area contributed by atoms with Crippen molar-refractivity contribution in [1.82, 2.24) is 0 Å². The van der Waals surface area contributed by atoms with E-state index in [0.717, 1.165) is 0 Å². The van der Waals surface area contributed by atoms with Crippen molar-refractivity contribution in [3.05, 3.63) is 78.4 Å². The van der Waals surface area contributed by atoms with Crippen LogP contribution < -0.4 is 9.47 Å². The summed E-state index contributed by atoms with van der Waals surface area (Å²) >= 11 is 7.27. The molecule has 0 saturated heterocycles. The molecule has 0 aliphatic rings. The third-order valence-electron chi connectivity index (χ3n) is 3.61. The summed E-state index contributed by atoms with van der Waals surface area (Å²) in [5, 5.41) is 0. The number of carbonyl (C=O) groups is 1. The lowest BCUT2D eigenvalue weighted by molar-refractivity contribution is 0.0730. The Morgan fingerprint density at radius 1 is 0.862 bits per heavy atom. The molecular weight excluding hydrogens is 638 g/mol. The zero-order valence-electron chi connectivity index (χ0n) is 14.0. The lowest BCUT2D eigenvalue weighted by Gasteiger charge is -2.14. The number of carbonyl (C=O) groups excluding carboxylic acids is 1. The van der Waals surface area contributed by atoms with E-state index in [1.807, 2.05) is 45.2 Å². The minimum Gasteiger partial charge on any atom is -0.450 e. The van der Waals surface area contributed by atoms with Crippen LogP contribution in [0.2, 0.25) is 0 Å². The number of esters is 1. The number of para-hydroxylation sites is 1. The molecular formula is C19H8F4I2O3S. The van der Waals surface area contributed by atoms with E-state index in [4.69, 9.17) is 9.47 Å². The number of thiol groups is 1. The average molecular weight is 646 g/mol. The Labute approximate surface area is 195 Å². The van der Waals surface area contributed by atoms with E-state index >= 15 is 0 Å². The van der Waals surface area contributed by atoms with Gasteiger partial charge in [-0.15, -0.1) is 12.6 Å². The van der Waals surface area contributed by atoms with Crippen LogP contribution >= 0.6 is 57.8 Å². The van der Waals surface area contributed by atoms with E-state index in [-0.39, 0.29) is 17.1 Å². The highest BCUT2D eigenvalue weighted by Gasteiger charge is 2.27. The zero-order valence-corrected chi connectivity index (χ0v) is 19.2. The number of benzene rings is 3. The van der Waals surface area contributed by atoms with Gasteiger partial charge >= 0.3 is 5.97 Å². The molecule has 10 heteroatoms. The molecule has 0 radical (unpaired) electrons. The predicted octanol–water partition coefficient (Wildman–Crippen LogP) is 6.75. The molecule has 0 unspecified atom stereocenters. The second-order valence-corrected chi connectivity index (χ2v) is 8.35. The first-order valence-electron chi connectivity index (χ1n) is 7.69. The van der Waals surface area contributed by atoms with E-state index in [1.165, 1.54) is 18.2 Å². The van der Waals surface area contributed by atoms with Gasteiger partial charge in [0.2, 0.25) is 17.4 Å². The van der Waals surface area contributed by atoms with Crippen molar-refractivity contribution in [2.75, 3.05) is 0 Å².